The zero-order chi connectivity index (χ0) is 22.8. The van der Waals surface area contributed by atoms with Crippen molar-refractivity contribution in [1.82, 2.24) is 10.6 Å². The van der Waals surface area contributed by atoms with E-state index >= 15 is 0 Å². The molecule has 0 aliphatic heterocycles. The summed E-state index contributed by atoms with van der Waals surface area (Å²) in [4.78, 5) is 11.5. The highest BCUT2D eigenvalue weighted by Crippen LogP contribution is 2.32. The molecule has 0 aromatic rings. The van der Waals surface area contributed by atoms with Gasteiger partial charge in [-0.2, -0.15) is 0 Å². The first kappa shape index (κ1) is 26.4. The van der Waals surface area contributed by atoms with E-state index in [1.54, 1.807) is 6.92 Å². The van der Waals surface area contributed by atoms with Crippen molar-refractivity contribution < 1.29 is 14.3 Å². The van der Waals surface area contributed by atoms with Crippen molar-refractivity contribution in [3.8, 4) is 0 Å². The van der Waals surface area contributed by atoms with Crippen molar-refractivity contribution in [1.29, 1.82) is 0 Å². The molecule has 0 spiro atoms. The summed E-state index contributed by atoms with van der Waals surface area (Å²) in [5, 5.41) is 6.38. The molecule has 1 saturated carbocycles. The van der Waals surface area contributed by atoms with E-state index < -0.39 is 0 Å². The summed E-state index contributed by atoms with van der Waals surface area (Å²) in [6, 6.07) is 0. The van der Waals surface area contributed by atoms with Crippen LogP contribution < -0.4 is 10.6 Å². The maximum atomic E-state index is 11.5. The molecule has 1 aliphatic rings. The van der Waals surface area contributed by atoms with Crippen LogP contribution in [0.5, 0.6) is 0 Å². The van der Waals surface area contributed by atoms with Crippen LogP contribution in [0.4, 0.5) is 0 Å². The van der Waals surface area contributed by atoms with E-state index in [9.17, 15) is 4.79 Å². The van der Waals surface area contributed by atoms with Gasteiger partial charge in [0, 0.05) is 31.0 Å². The minimum atomic E-state index is -0.219. The molecule has 172 valence electrons. The van der Waals surface area contributed by atoms with E-state index in [1.807, 2.05) is 0 Å². The maximum Gasteiger partial charge on any atom is 0.246 e. The number of amides is 1. The number of hydrogen-bond acceptors (Lipinski definition) is 4. The summed E-state index contributed by atoms with van der Waals surface area (Å²) in [7, 11) is 0. The lowest BCUT2D eigenvalue weighted by molar-refractivity contribution is -0.117. The third-order valence-corrected chi connectivity index (χ3v) is 5.22. The third-order valence-electron chi connectivity index (χ3n) is 5.22. The van der Waals surface area contributed by atoms with Gasteiger partial charge < -0.3 is 20.1 Å². The van der Waals surface area contributed by atoms with Crippen molar-refractivity contribution >= 4 is 5.91 Å². The third kappa shape index (κ3) is 11.6. The largest absolute Gasteiger partial charge is 0.385 e. The Morgan fingerprint density at radius 3 is 2.00 bits per heavy atom. The van der Waals surface area contributed by atoms with Gasteiger partial charge in [0.15, 0.2) is 0 Å². The lowest BCUT2D eigenvalue weighted by atomic mass is 10.0. The SMILES string of the molecule is C=C(C)C(=O)NCCCC(C)(C)OCCC(C)(C)OCCCNC(C(=C)C)=C1CC1. The standard InChI is InChI=1S/C25H44N2O3/c1-19(2)22(21-11-12-21)26-16-10-17-29-25(7,8)14-18-30-24(5,6)13-9-15-27-23(28)20(3)4/h26H,1,3,9-18H2,2,4-8H3,(H,27,28). The van der Waals surface area contributed by atoms with E-state index in [1.165, 1.54) is 24.1 Å². The molecule has 0 heterocycles. The van der Waals surface area contributed by atoms with Crippen LogP contribution in [0.15, 0.2) is 35.6 Å². The molecule has 1 fully saturated rings. The van der Waals surface area contributed by atoms with Gasteiger partial charge in [0.05, 0.1) is 17.8 Å². The molecule has 2 N–H and O–H groups in total. The molecule has 0 aromatic carbocycles. The summed E-state index contributed by atoms with van der Waals surface area (Å²) in [6.45, 7) is 22.9. The van der Waals surface area contributed by atoms with Gasteiger partial charge in [-0.3, -0.25) is 4.79 Å². The van der Waals surface area contributed by atoms with Gasteiger partial charge in [-0.15, -0.1) is 0 Å². The minimum absolute atomic E-state index is 0.0807. The fraction of sp³-hybridized carbons (Fsp3) is 0.720. The van der Waals surface area contributed by atoms with Crippen LogP contribution in [0.3, 0.4) is 0 Å². The highest BCUT2D eigenvalue weighted by molar-refractivity contribution is 5.91. The first-order valence-electron chi connectivity index (χ1n) is 11.3. The van der Waals surface area contributed by atoms with Gasteiger partial charge in [0.2, 0.25) is 5.91 Å². The summed E-state index contributed by atoms with van der Waals surface area (Å²) in [6.07, 6.45) is 5.99. The fourth-order valence-electron chi connectivity index (χ4n) is 3.11. The average Bonchev–Trinajstić information content (AvgIpc) is 3.45. The summed E-state index contributed by atoms with van der Waals surface area (Å²) in [5.74, 6) is -0.0807. The van der Waals surface area contributed by atoms with Crippen molar-refractivity contribution in [3.63, 3.8) is 0 Å². The van der Waals surface area contributed by atoms with Crippen LogP contribution >= 0.6 is 0 Å². The van der Waals surface area contributed by atoms with Crippen LogP contribution in [-0.2, 0) is 14.3 Å². The second-order valence-electron chi connectivity index (χ2n) is 9.65. The Balaban J connectivity index is 2.16. The van der Waals surface area contributed by atoms with Crippen LogP contribution in [0, 0.1) is 0 Å². The number of ether oxygens (including phenoxy) is 2. The average molecular weight is 421 g/mol. The molecule has 1 rings (SSSR count). The topological polar surface area (TPSA) is 59.6 Å². The Morgan fingerprint density at radius 2 is 1.43 bits per heavy atom. The van der Waals surface area contributed by atoms with E-state index in [0.29, 0.717) is 18.7 Å². The number of allylic oxidation sites excluding steroid dienone is 2. The van der Waals surface area contributed by atoms with Crippen LogP contribution in [-0.4, -0.2) is 43.4 Å². The van der Waals surface area contributed by atoms with E-state index in [4.69, 9.17) is 9.47 Å². The summed E-state index contributed by atoms with van der Waals surface area (Å²) >= 11 is 0. The van der Waals surface area contributed by atoms with Gasteiger partial charge in [-0.1, -0.05) is 13.2 Å². The highest BCUT2D eigenvalue weighted by atomic mass is 16.5. The molecule has 0 aromatic heterocycles. The predicted octanol–water partition coefficient (Wildman–Crippen LogP) is 5.04. The van der Waals surface area contributed by atoms with Gasteiger partial charge in [-0.05, 0) is 91.2 Å². The van der Waals surface area contributed by atoms with Crippen LogP contribution in [0.1, 0.15) is 80.1 Å². The maximum absolute atomic E-state index is 11.5. The highest BCUT2D eigenvalue weighted by Gasteiger charge is 2.23. The molecular formula is C25H44N2O3. The van der Waals surface area contributed by atoms with Crippen molar-refractivity contribution in [3.05, 3.63) is 35.6 Å². The van der Waals surface area contributed by atoms with Crippen LogP contribution in [0.25, 0.3) is 0 Å². The Bertz CT molecular complexity index is 626. The second kappa shape index (κ2) is 12.3. The summed E-state index contributed by atoms with van der Waals surface area (Å²) < 4.78 is 12.2. The van der Waals surface area contributed by atoms with E-state index in [2.05, 4.69) is 58.4 Å². The molecule has 1 aliphatic carbocycles. The summed E-state index contributed by atoms with van der Waals surface area (Å²) in [5.41, 5.74) is 3.99. The first-order chi connectivity index (χ1) is 13.9. The monoisotopic (exact) mass is 420 g/mol. The predicted molar refractivity (Wildman–Crippen MR) is 125 cm³/mol. The molecule has 5 nitrogen and oxygen atoms in total. The van der Waals surface area contributed by atoms with Gasteiger partial charge >= 0.3 is 0 Å². The van der Waals surface area contributed by atoms with Crippen molar-refractivity contribution in [2.45, 2.75) is 91.3 Å². The molecule has 0 radical (unpaired) electrons. The second-order valence-corrected chi connectivity index (χ2v) is 9.65. The van der Waals surface area contributed by atoms with Gasteiger partial charge in [0.25, 0.3) is 0 Å². The number of hydrogen-bond donors (Lipinski definition) is 2. The zero-order valence-electron chi connectivity index (χ0n) is 20.2. The minimum Gasteiger partial charge on any atom is -0.385 e. The fourth-order valence-corrected chi connectivity index (χ4v) is 3.11. The Morgan fingerprint density at radius 1 is 0.867 bits per heavy atom. The Kier molecular flexibility index (Phi) is 10.9. The zero-order valence-corrected chi connectivity index (χ0v) is 20.2. The molecule has 0 bridgehead atoms. The van der Waals surface area contributed by atoms with Gasteiger partial charge in [0.1, 0.15) is 0 Å². The first-order valence-corrected chi connectivity index (χ1v) is 11.3. The normalized spacial score (nSPS) is 13.7. The molecule has 5 heteroatoms. The molecule has 0 unspecified atom stereocenters. The molecular weight excluding hydrogens is 376 g/mol. The van der Waals surface area contributed by atoms with Gasteiger partial charge in [-0.25, -0.2) is 0 Å². The Hall–Kier alpha value is -1.59. The number of rotatable bonds is 16. The molecule has 0 saturated heterocycles. The molecule has 1 amide bonds. The van der Waals surface area contributed by atoms with Crippen molar-refractivity contribution in [2.24, 2.45) is 0 Å². The van der Waals surface area contributed by atoms with E-state index in [-0.39, 0.29) is 17.1 Å². The van der Waals surface area contributed by atoms with Crippen LogP contribution in [0.2, 0.25) is 0 Å². The van der Waals surface area contributed by atoms with Crippen molar-refractivity contribution in [2.75, 3.05) is 26.3 Å². The Labute approximate surface area is 184 Å². The lowest BCUT2D eigenvalue weighted by Gasteiger charge is -2.30. The number of carbonyl (C=O) groups excluding carboxylic acids is 1. The number of nitrogens with one attached hydrogen (secondary N) is 2. The molecule has 30 heavy (non-hydrogen) atoms. The number of carbonyl (C=O) groups is 1. The lowest BCUT2D eigenvalue weighted by Crippen LogP contribution is -2.32. The smallest absolute Gasteiger partial charge is 0.246 e. The molecule has 0 atom stereocenters. The quantitative estimate of drug-likeness (QED) is 0.271. The van der Waals surface area contributed by atoms with E-state index in [0.717, 1.165) is 44.4 Å².